The molecule has 1 saturated heterocycles. The van der Waals surface area contributed by atoms with Gasteiger partial charge >= 0.3 is 6.09 Å². The third-order valence-electron chi connectivity index (χ3n) is 4.84. The van der Waals surface area contributed by atoms with E-state index in [4.69, 9.17) is 4.74 Å². The van der Waals surface area contributed by atoms with Gasteiger partial charge in [0.05, 0.1) is 6.61 Å². The van der Waals surface area contributed by atoms with Crippen LogP contribution in [-0.4, -0.2) is 83.4 Å². The third-order valence-corrected chi connectivity index (χ3v) is 4.84. The number of carbonyl (C=O) groups is 2. The molecule has 3 rings (SSSR count). The highest BCUT2D eigenvalue weighted by molar-refractivity contribution is 5.92. The smallest absolute Gasteiger partial charge is 0.409 e. The molecule has 0 aromatic carbocycles. The summed E-state index contributed by atoms with van der Waals surface area (Å²) in [6.07, 6.45) is 4.09. The van der Waals surface area contributed by atoms with Crippen molar-refractivity contribution >= 4 is 17.8 Å². The van der Waals surface area contributed by atoms with Crippen LogP contribution in [0.15, 0.2) is 36.7 Å². The molecule has 0 unspecified atom stereocenters. The van der Waals surface area contributed by atoms with Gasteiger partial charge in [0.2, 0.25) is 0 Å². The van der Waals surface area contributed by atoms with Crippen molar-refractivity contribution in [3.8, 4) is 0 Å². The summed E-state index contributed by atoms with van der Waals surface area (Å²) in [5.41, 5.74) is 1.51. The van der Waals surface area contributed by atoms with E-state index in [9.17, 15) is 9.59 Å². The first-order valence-corrected chi connectivity index (χ1v) is 9.73. The molecule has 1 aliphatic heterocycles. The minimum Gasteiger partial charge on any atom is -0.450 e. The molecule has 0 bridgehead atoms. The maximum atomic E-state index is 12.7. The molecule has 0 atom stereocenters. The van der Waals surface area contributed by atoms with E-state index < -0.39 is 0 Å². The highest BCUT2D eigenvalue weighted by atomic mass is 16.6. The molecule has 29 heavy (non-hydrogen) atoms. The number of ether oxygens (including phenoxy) is 1. The lowest BCUT2D eigenvalue weighted by molar-refractivity contribution is 0.0565. The first kappa shape index (κ1) is 20.5. The summed E-state index contributed by atoms with van der Waals surface area (Å²) in [5.74, 6) is 0.537. The lowest BCUT2D eigenvalue weighted by atomic mass is 10.2. The molecule has 2 amide bonds. The number of rotatable bonds is 6. The van der Waals surface area contributed by atoms with Gasteiger partial charge < -0.3 is 19.4 Å². The molecule has 3 heterocycles. The highest BCUT2D eigenvalue weighted by Gasteiger charge is 2.26. The van der Waals surface area contributed by atoms with Crippen LogP contribution < -0.4 is 4.90 Å². The number of anilines is 1. The van der Waals surface area contributed by atoms with E-state index in [-0.39, 0.29) is 12.0 Å². The SMILES string of the molecule is CCOC(=O)N1CCN(C(=O)c2ccc(N(C)CCc3ccncc3)nn2)CC1. The molecule has 1 fully saturated rings. The van der Waals surface area contributed by atoms with Gasteiger partial charge in [-0.15, -0.1) is 10.2 Å². The Hall–Kier alpha value is -3.23. The zero-order valence-corrected chi connectivity index (χ0v) is 16.8. The predicted molar refractivity (Wildman–Crippen MR) is 108 cm³/mol. The summed E-state index contributed by atoms with van der Waals surface area (Å²) in [6.45, 7) is 4.71. The van der Waals surface area contributed by atoms with Gasteiger partial charge in [0, 0.05) is 52.2 Å². The van der Waals surface area contributed by atoms with Crippen molar-refractivity contribution in [3.05, 3.63) is 47.9 Å². The van der Waals surface area contributed by atoms with Crippen LogP contribution in [0.3, 0.4) is 0 Å². The normalized spacial score (nSPS) is 13.9. The van der Waals surface area contributed by atoms with Crippen molar-refractivity contribution in [1.82, 2.24) is 25.0 Å². The molecule has 9 heteroatoms. The summed E-state index contributed by atoms with van der Waals surface area (Å²) in [5, 5.41) is 8.32. The van der Waals surface area contributed by atoms with Crippen molar-refractivity contribution < 1.29 is 14.3 Å². The number of hydrogen-bond acceptors (Lipinski definition) is 7. The van der Waals surface area contributed by atoms with Crippen molar-refractivity contribution in [2.24, 2.45) is 0 Å². The first-order chi connectivity index (χ1) is 14.1. The van der Waals surface area contributed by atoms with Crippen LogP contribution in [0.5, 0.6) is 0 Å². The zero-order valence-electron chi connectivity index (χ0n) is 16.8. The summed E-state index contributed by atoms with van der Waals surface area (Å²) in [4.78, 5) is 33.7. The Labute approximate surface area is 170 Å². The van der Waals surface area contributed by atoms with E-state index in [0.717, 1.165) is 13.0 Å². The quantitative estimate of drug-likeness (QED) is 0.727. The van der Waals surface area contributed by atoms with Crippen LogP contribution in [-0.2, 0) is 11.2 Å². The Kier molecular flexibility index (Phi) is 6.94. The first-order valence-electron chi connectivity index (χ1n) is 9.73. The lowest BCUT2D eigenvalue weighted by Gasteiger charge is -2.33. The second-order valence-corrected chi connectivity index (χ2v) is 6.78. The minimum absolute atomic E-state index is 0.174. The number of pyridine rings is 1. The Balaban J connectivity index is 1.51. The highest BCUT2D eigenvalue weighted by Crippen LogP contribution is 2.12. The van der Waals surface area contributed by atoms with Crippen LogP contribution in [0.25, 0.3) is 0 Å². The standard InChI is InChI=1S/C20H26N6O3/c1-3-29-20(28)26-14-12-25(13-15-26)19(27)17-4-5-18(23-22-17)24(2)11-8-16-6-9-21-10-7-16/h4-7,9-10H,3,8,11-15H2,1-2H3. The van der Waals surface area contributed by atoms with Gasteiger partial charge in [-0.1, -0.05) is 0 Å². The maximum Gasteiger partial charge on any atom is 0.409 e. The van der Waals surface area contributed by atoms with Crippen molar-refractivity contribution in [2.75, 3.05) is 51.3 Å². The molecule has 0 saturated carbocycles. The number of amides is 2. The van der Waals surface area contributed by atoms with Gasteiger partial charge in [-0.2, -0.15) is 0 Å². The Morgan fingerprint density at radius 3 is 2.34 bits per heavy atom. The fourth-order valence-electron chi connectivity index (χ4n) is 3.07. The van der Waals surface area contributed by atoms with Gasteiger partial charge in [0.25, 0.3) is 5.91 Å². The lowest BCUT2D eigenvalue weighted by Crippen LogP contribution is -2.50. The van der Waals surface area contributed by atoms with Crippen LogP contribution in [0.4, 0.5) is 10.6 Å². The molecule has 0 radical (unpaired) electrons. The van der Waals surface area contributed by atoms with E-state index in [1.165, 1.54) is 5.56 Å². The molecular weight excluding hydrogens is 372 g/mol. The van der Waals surface area contributed by atoms with Crippen molar-refractivity contribution in [1.29, 1.82) is 0 Å². The fourth-order valence-corrected chi connectivity index (χ4v) is 3.07. The van der Waals surface area contributed by atoms with Gasteiger partial charge in [-0.25, -0.2) is 4.79 Å². The number of piperazine rings is 1. The van der Waals surface area contributed by atoms with Gasteiger partial charge in [-0.05, 0) is 43.2 Å². The monoisotopic (exact) mass is 398 g/mol. The van der Waals surface area contributed by atoms with E-state index in [0.29, 0.717) is 44.3 Å². The van der Waals surface area contributed by atoms with Gasteiger partial charge in [0.15, 0.2) is 11.5 Å². The van der Waals surface area contributed by atoms with Crippen LogP contribution in [0, 0.1) is 0 Å². The summed E-state index contributed by atoms with van der Waals surface area (Å²) >= 11 is 0. The topological polar surface area (TPSA) is 91.8 Å². The maximum absolute atomic E-state index is 12.7. The number of nitrogens with zero attached hydrogens (tertiary/aromatic N) is 6. The molecule has 1 aliphatic rings. The molecule has 154 valence electrons. The largest absolute Gasteiger partial charge is 0.450 e. The Morgan fingerprint density at radius 2 is 1.72 bits per heavy atom. The predicted octanol–water partition coefficient (Wildman–Crippen LogP) is 1.46. The Bertz CT molecular complexity index is 807. The van der Waals surface area contributed by atoms with E-state index in [1.807, 2.05) is 30.1 Å². The number of carbonyl (C=O) groups excluding carboxylic acids is 2. The van der Waals surface area contributed by atoms with E-state index >= 15 is 0 Å². The molecule has 0 spiro atoms. The van der Waals surface area contributed by atoms with Crippen molar-refractivity contribution in [2.45, 2.75) is 13.3 Å². The molecule has 0 aliphatic carbocycles. The summed E-state index contributed by atoms with van der Waals surface area (Å²) in [7, 11) is 1.95. The van der Waals surface area contributed by atoms with Crippen LogP contribution in [0.1, 0.15) is 23.0 Å². The molecule has 0 N–H and O–H groups in total. The minimum atomic E-state index is -0.335. The van der Waals surface area contributed by atoms with E-state index in [1.54, 1.807) is 35.2 Å². The number of hydrogen-bond donors (Lipinski definition) is 0. The van der Waals surface area contributed by atoms with E-state index in [2.05, 4.69) is 15.2 Å². The number of aromatic nitrogens is 3. The van der Waals surface area contributed by atoms with Crippen LogP contribution in [0.2, 0.25) is 0 Å². The summed E-state index contributed by atoms with van der Waals surface area (Å²) in [6, 6.07) is 7.49. The van der Waals surface area contributed by atoms with Crippen LogP contribution >= 0.6 is 0 Å². The molecule has 9 nitrogen and oxygen atoms in total. The fraction of sp³-hybridized carbons (Fsp3) is 0.450. The molecular formula is C20H26N6O3. The average molecular weight is 398 g/mol. The Morgan fingerprint density at radius 1 is 1.03 bits per heavy atom. The summed E-state index contributed by atoms with van der Waals surface area (Å²) < 4.78 is 5.00. The van der Waals surface area contributed by atoms with Gasteiger partial charge in [0.1, 0.15) is 0 Å². The average Bonchev–Trinajstić information content (AvgIpc) is 2.78. The molecule has 2 aromatic rings. The molecule has 2 aromatic heterocycles. The zero-order chi connectivity index (χ0) is 20.6. The number of likely N-dealkylation sites (N-methyl/N-ethyl adjacent to an activating group) is 1. The second kappa shape index (κ2) is 9.81. The van der Waals surface area contributed by atoms with Gasteiger partial charge in [-0.3, -0.25) is 9.78 Å². The second-order valence-electron chi connectivity index (χ2n) is 6.78. The third kappa shape index (κ3) is 5.40. The van der Waals surface area contributed by atoms with Crippen molar-refractivity contribution in [3.63, 3.8) is 0 Å².